The van der Waals surface area contributed by atoms with Crippen molar-refractivity contribution in [3.05, 3.63) is 0 Å². The first kappa shape index (κ1) is 17.9. The maximum atomic E-state index is 11.2. The molecule has 1 spiro atoms. The Bertz CT molecular complexity index is 570. The smallest absolute Gasteiger partial charge is 0.168 e. The van der Waals surface area contributed by atoms with Gasteiger partial charge in [0.1, 0.15) is 0 Å². The lowest BCUT2D eigenvalue weighted by atomic mass is 9.50. The van der Waals surface area contributed by atoms with E-state index in [1.165, 1.54) is 12.8 Å². The maximum absolute atomic E-state index is 11.2. The van der Waals surface area contributed by atoms with Crippen molar-refractivity contribution in [1.82, 2.24) is 0 Å². The number of fused-ring (bicyclic) bond motifs is 5. The fraction of sp³-hybridized carbons (Fsp3) is 1.00. The van der Waals surface area contributed by atoms with E-state index in [0.29, 0.717) is 36.9 Å². The number of aliphatic hydroxyl groups is 2. The van der Waals surface area contributed by atoms with Crippen molar-refractivity contribution in [2.75, 3.05) is 13.2 Å². The predicted octanol–water partition coefficient (Wildman–Crippen LogP) is 3.35. The Kier molecular flexibility index (Phi) is 3.91. The summed E-state index contributed by atoms with van der Waals surface area (Å²) in [7, 11) is 0. The van der Waals surface area contributed by atoms with Crippen molar-refractivity contribution >= 4 is 0 Å². The van der Waals surface area contributed by atoms with Gasteiger partial charge in [-0.3, -0.25) is 0 Å². The summed E-state index contributed by atoms with van der Waals surface area (Å²) in [6.45, 7) is 8.27. The highest BCUT2D eigenvalue weighted by atomic mass is 16.7. The van der Waals surface area contributed by atoms with Crippen LogP contribution in [0.2, 0.25) is 0 Å². The van der Waals surface area contributed by atoms with E-state index in [2.05, 4.69) is 13.8 Å². The third-order valence-corrected chi connectivity index (χ3v) is 9.82. The fourth-order valence-electron chi connectivity index (χ4n) is 8.60. The average Bonchev–Trinajstić information content (AvgIpc) is 3.24. The summed E-state index contributed by atoms with van der Waals surface area (Å²) in [5, 5.41) is 21.6. The molecule has 148 valence electrons. The van der Waals surface area contributed by atoms with Crippen LogP contribution in [0.4, 0.5) is 0 Å². The molecular weight excluding hydrogens is 328 g/mol. The lowest BCUT2D eigenvalue weighted by Crippen LogP contribution is -2.56. The highest BCUT2D eigenvalue weighted by molar-refractivity contribution is 5.15. The van der Waals surface area contributed by atoms with E-state index in [1.54, 1.807) is 0 Å². The van der Waals surface area contributed by atoms with Crippen LogP contribution in [0.25, 0.3) is 0 Å². The number of ether oxygens (including phenoxy) is 2. The van der Waals surface area contributed by atoms with E-state index in [-0.39, 0.29) is 29.0 Å². The molecule has 1 aliphatic heterocycles. The Morgan fingerprint density at radius 3 is 2.35 bits per heavy atom. The molecule has 0 aromatic heterocycles. The summed E-state index contributed by atoms with van der Waals surface area (Å²) < 4.78 is 12.0. The molecule has 2 N–H and O–H groups in total. The van der Waals surface area contributed by atoms with Crippen LogP contribution in [0.15, 0.2) is 0 Å². The molecule has 0 radical (unpaired) electrons. The average molecular weight is 365 g/mol. The van der Waals surface area contributed by atoms with Gasteiger partial charge >= 0.3 is 0 Å². The van der Waals surface area contributed by atoms with Gasteiger partial charge in [-0.05, 0) is 79.4 Å². The van der Waals surface area contributed by atoms with Crippen LogP contribution >= 0.6 is 0 Å². The molecule has 1 saturated heterocycles. The summed E-state index contributed by atoms with van der Waals surface area (Å²) in [6, 6.07) is 0. The Labute approximate surface area is 157 Å². The first-order valence-electron chi connectivity index (χ1n) is 10.9. The van der Waals surface area contributed by atoms with E-state index in [1.807, 2.05) is 6.92 Å². The molecule has 4 aliphatic carbocycles. The van der Waals surface area contributed by atoms with Gasteiger partial charge in [0.2, 0.25) is 0 Å². The zero-order chi connectivity index (χ0) is 18.3. The monoisotopic (exact) mass is 364 g/mol. The van der Waals surface area contributed by atoms with Crippen molar-refractivity contribution < 1.29 is 19.7 Å². The van der Waals surface area contributed by atoms with E-state index in [9.17, 15) is 10.2 Å². The minimum atomic E-state index is -0.418. The van der Waals surface area contributed by atoms with E-state index >= 15 is 0 Å². The quantitative estimate of drug-likeness (QED) is 0.749. The largest absolute Gasteiger partial charge is 0.393 e. The molecule has 0 aromatic carbocycles. The molecule has 9 atom stereocenters. The maximum Gasteiger partial charge on any atom is 0.168 e. The molecular formula is C22H36O4. The van der Waals surface area contributed by atoms with Crippen LogP contribution in [0.3, 0.4) is 0 Å². The van der Waals surface area contributed by atoms with Crippen LogP contribution in [-0.4, -0.2) is 41.4 Å². The molecule has 1 heterocycles. The lowest BCUT2D eigenvalue weighted by molar-refractivity contribution is -0.237. The molecule has 4 heteroatoms. The van der Waals surface area contributed by atoms with Crippen LogP contribution in [0.5, 0.6) is 0 Å². The fourth-order valence-corrected chi connectivity index (χ4v) is 8.60. The SMILES string of the molecule is C[C@H](O)[C@@H]1CC[C@@H]2[C@@H]3C[C@H](O)[C@H]4CC5(CC[C@]4(C)[C@@H]3C[C@]21C)OCCO5. The first-order valence-corrected chi connectivity index (χ1v) is 10.9. The number of hydrogen-bond acceptors (Lipinski definition) is 4. The molecule has 0 unspecified atom stereocenters. The van der Waals surface area contributed by atoms with E-state index in [4.69, 9.17) is 9.47 Å². The molecule has 5 fully saturated rings. The number of rotatable bonds is 1. The topological polar surface area (TPSA) is 58.9 Å². The molecule has 5 aliphatic rings. The van der Waals surface area contributed by atoms with Crippen LogP contribution in [-0.2, 0) is 9.47 Å². The van der Waals surface area contributed by atoms with Gasteiger partial charge < -0.3 is 19.7 Å². The highest BCUT2D eigenvalue weighted by Gasteiger charge is 2.67. The number of hydrogen-bond donors (Lipinski definition) is 2. The minimum Gasteiger partial charge on any atom is -0.393 e. The molecule has 0 amide bonds. The Hall–Kier alpha value is -0.160. The summed E-state index contributed by atoms with van der Waals surface area (Å²) in [5.41, 5.74) is 0.427. The van der Waals surface area contributed by atoms with Gasteiger partial charge in [0.15, 0.2) is 5.79 Å². The third kappa shape index (κ3) is 2.22. The van der Waals surface area contributed by atoms with E-state index in [0.717, 1.165) is 32.1 Å². The van der Waals surface area contributed by atoms with Gasteiger partial charge in [-0.15, -0.1) is 0 Å². The van der Waals surface area contributed by atoms with Gasteiger partial charge in [-0.1, -0.05) is 13.8 Å². The molecule has 0 aromatic rings. The Morgan fingerprint density at radius 2 is 1.65 bits per heavy atom. The summed E-state index contributed by atoms with van der Waals surface area (Å²) >= 11 is 0. The second-order valence-electron chi connectivity index (χ2n) is 10.7. The summed E-state index contributed by atoms with van der Waals surface area (Å²) in [5.74, 6) is 2.26. The zero-order valence-corrected chi connectivity index (χ0v) is 16.6. The van der Waals surface area contributed by atoms with Gasteiger partial charge in [0, 0.05) is 12.8 Å². The van der Waals surface area contributed by atoms with Crippen molar-refractivity contribution in [2.24, 2.45) is 40.4 Å². The molecule has 0 bridgehead atoms. The van der Waals surface area contributed by atoms with Gasteiger partial charge in [-0.25, -0.2) is 0 Å². The van der Waals surface area contributed by atoms with Crippen molar-refractivity contribution in [1.29, 1.82) is 0 Å². The Morgan fingerprint density at radius 1 is 0.923 bits per heavy atom. The zero-order valence-electron chi connectivity index (χ0n) is 16.6. The van der Waals surface area contributed by atoms with Crippen LogP contribution in [0.1, 0.15) is 65.7 Å². The normalized spacial score (nSPS) is 56.2. The van der Waals surface area contributed by atoms with Gasteiger partial charge in [0.05, 0.1) is 25.4 Å². The predicted molar refractivity (Wildman–Crippen MR) is 98.3 cm³/mol. The first-order chi connectivity index (χ1) is 12.3. The highest BCUT2D eigenvalue weighted by Crippen LogP contribution is 2.71. The van der Waals surface area contributed by atoms with Gasteiger partial charge in [-0.2, -0.15) is 0 Å². The van der Waals surface area contributed by atoms with Crippen molar-refractivity contribution in [2.45, 2.75) is 83.7 Å². The Balaban J connectivity index is 1.46. The molecule has 5 rings (SSSR count). The number of aliphatic hydroxyl groups excluding tert-OH is 2. The summed E-state index contributed by atoms with van der Waals surface area (Å²) in [6.07, 6.45) is 7.03. The van der Waals surface area contributed by atoms with Gasteiger partial charge in [0.25, 0.3) is 0 Å². The third-order valence-electron chi connectivity index (χ3n) is 9.82. The lowest BCUT2D eigenvalue weighted by Gasteiger charge is -2.57. The van der Waals surface area contributed by atoms with Crippen LogP contribution in [0, 0.1) is 40.4 Å². The van der Waals surface area contributed by atoms with Crippen molar-refractivity contribution in [3.8, 4) is 0 Å². The molecule has 4 saturated carbocycles. The minimum absolute atomic E-state index is 0.180. The molecule has 26 heavy (non-hydrogen) atoms. The molecule has 4 nitrogen and oxygen atoms in total. The standard InChI is InChI=1S/C22H36O4/c1-13(23)15-4-5-16-14-10-19(24)18-12-22(25-8-9-26-22)7-6-20(18,2)17(14)11-21(15,16)3/h13-19,23-24H,4-12H2,1-3H3/t13-,14-,15-,16+,17+,18+,19-,20+,21-/m0/s1. The second kappa shape index (κ2) is 5.68. The van der Waals surface area contributed by atoms with Crippen LogP contribution < -0.4 is 0 Å². The summed E-state index contributed by atoms with van der Waals surface area (Å²) in [4.78, 5) is 0. The second-order valence-corrected chi connectivity index (χ2v) is 10.7. The van der Waals surface area contributed by atoms with E-state index < -0.39 is 5.79 Å². The van der Waals surface area contributed by atoms with Crippen molar-refractivity contribution in [3.63, 3.8) is 0 Å².